The first-order valence-corrected chi connectivity index (χ1v) is 8.13. The highest BCUT2D eigenvalue weighted by molar-refractivity contribution is 7.98. The van der Waals surface area contributed by atoms with Crippen LogP contribution in [0.5, 0.6) is 0 Å². The number of fused-ring (bicyclic) bond motifs is 1. The number of benzene rings is 1. The van der Waals surface area contributed by atoms with Crippen LogP contribution in [0.25, 0.3) is 10.9 Å². The lowest BCUT2D eigenvalue weighted by atomic mass is 10.0. The molecule has 1 N–H and O–H groups in total. The number of amides is 1. The van der Waals surface area contributed by atoms with E-state index in [4.69, 9.17) is 4.98 Å². The zero-order chi connectivity index (χ0) is 14.5. The van der Waals surface area contributed by atoms with E-state index in [1.54, 1.807) is 18.7 Å². The second-order valence-electron chi connectivity index (χ2n) is 4.92. The molecule has 0 saturated carbocycles. The van der Waals surface area contributed by atoms with Gasteiger partial charge < -0.3 is 5.32 Å². The molecule has 0 saturated heterocycles. The number of thioether (sulfide) groups is 1. The molecule has 4 heteroatoms. The second kappa shape index (κ2) is 6.75. The van der Waals surface area contributed by atoms with E-state index >= 15 is 0 Å². The number of nitrogens with one attached hydrogen (secondary N) is 1. The first-order valence-electron chi connectivity index (χ1n) is 6.74. The number of carbonyl (C=O) groups is 1. The van der Waals surface area contributed by atoms with Crippen molar-refractivity contribution in [1.82, 2.24) is 10.3 Å². The van der Waals surface area contributed by atoms with E-state index in [9.17, 15) is 4.79 Å². The molecule has 0 fully saturated rings. The van der Waals surface area contributed by atoms with Crippen molar-refractivity contribution in [3.05, 3.63) is 41.6 Å². The number of aromatic nitrogens is 1. The maximum absolute atomic E-state index is 11.4. The highest BCUT2D eigenvalue weighted by atomic mass is 32.2. The Hall–Kier alpha value is -1.55. The van der Waals surface area contributed by atoms with Crippen molar-refractivity contribution in [2.75, 3.05) is 12.0 Å². The van der Waals surface area contributed by atoms with Gasteiger partial charge in [-0.3, -0.25) is 9.78 Å². The van der Waals surface area contributed by atoms with E-state index in [0.29, 0.717) is 0 Å². The summed E-state index contributed by atoms with van der Waals surface area (Å²) in [6, 6.07) is 10.2. The first-order chi connectivity index (χ1) is 9.61. The third-order valence-electron chi connectivity index (χ3n) is 3.29. The van der Waals surface area contributed by atoms with Gasteiger partial charge in [-0.05, 0) is 43.0 Å². The molecule has 1 aromatic carbocycles. The zero-order valence-electron chi connectivity index (χ0n) is 12.1. The maximum Gasteiger partial charge on any atom is 0.217 e. The molecule has 1 aromatic heterocycles. The fourth-order valence-electron chi connectivity index (χ4n) is 2.33. The molecule has 0 aliphatic carbocycles. The summed E-state index contributed by atoms with van der Waals surface area (Å²) in [5.41, 5.74) is 3.14. The molecule has 0 aliphatic heterocycles. The van der Waals surface area contributed by atoms with Gasteiger partial charge in [0.25, 0.3) is 0 Å². The summed E-state index contributed by atoms with van der Waals surface area (Å²) in [4.78, 5) is 16.1. The van der Waals surface area contributed by atoms with Crippen molar-refractivity contribution in [3.63, 3.8) is 0 Å². The largest absolute Gasteiger partial charge is 0.348 e. The normalized spacial score (nSPS) is 12.3. The molecule has 3 nitrogen and oxygen atoms in total. The fraction of sp³-hybridized carbons (Fsp3) is 0.375. The Bertz CT molecular complexity index is 612. The molecule has 0 bridgehead atoms. The fourth-order valence-corrected chi connectivity index (χ4v) is 2.80. The van der Waals surface area contributed by atoms with E-state index in [2.05, 4.69) is 30.6 Å². The molecule has 106 valence electrons. The van der Waals surface area contributed by atoms with E-state index in [0.717, 1.165) is 23.4 Å². The Morgan fingerprint density at radius 1 is 1.40 bits per heavy atom. The molecular formula is C16H20N2OS. The molecule has 0 spiro atoms. The van der Waals surface area contributed by atoms with Crippen molar-refractivity contribution >= 4 is 28.6 Å². The average Bonchev–Trinajstić information content (AvgIpc) is 2.43. The number of pyridine rings is 1. The minimum atomic E-state index is -0.0109. The number of aryl methyl sites for hydroxylation is 1. The zero-order valence-corrected chi connectivity index (χ0v) is 13.0. The first kappa shape index (κ1) is 14.9. The Morgan fingerprint density at radius 3 is 2.85 bits per heavy atom. The molecular weight excluding hydrogens is 268 g/mol. The Morgan fingerprint density at radius 2 is 2.15 bits per heavy atom. The Kier molecular flexibility index (Phi) is 5.01. The molecule has 2 rings (SSSR count). The SMILES string of the molecule is CSCC[C@H](NC(C)=O)c1cc(C)c2ccccc2n1. The lowest BCUT2D eigenvalue weighted by Crippen LogP contribution is -2.27. The molecule has 2 aromatic rings. The highest BCUT2D eigenvalue weighted by Gasteiger charge is 2.15. The van der Waals surface area contributed by atoms with Gasteiger partial charge in [0, 0.05) is 12.3 Å². The Balaban J connectivity index is 2.39. The van der Waals surface area contributed by atoms with Crippen molar-refractivity contribution in [2.24, 2.45) is 0 Å². The molecule has 1 atom stereocenters. The lowest BCUT2D eigenvalue weighted by molar-refractivity contribution is -0.119. The van der Waals surface area contributed by atoms with Gasteiger partial charge >= 0.3 is 0 Å². The summed E-state index contributed by atoms with van der Waals surface area (Å²) < 4.78 is 0. The van der Waals surface area contributed by atoms with Crippen molar-refractivity contribution in [1.29, 1.82) is 0 Å². The van der Waals surface area contributed by atoms with Crippen LogP contribution in [0.4, 0.5) is 0 Å². The second-order valence-corrected chi connectivity index (χ2v) is 5.90. The summed E-state index contributed by atoms with van der Waals surface area (Å²) in [5, 5.41) is 4.18. The number of nitrogens with zero attached hydrogens (tertiary/aromatic N) is 1. The molecule has 1 amide bonds. The summed E-state index contributed by atoms with van der Waals surface area (Å²) in [6.45, 7) is 3.65. The van der Waals surface area contributed by atoms with Gasteiger partial charge in [-0.2, -0.15) is 11.8 Å². The third-order valence-corrected chi connectivity index (χ3v) is 3.93. The van der Waals surface area contributed by atoms with Crippen molar-refractivity contribution in [3.8, 4) is 0 Å². The van der Waals surface area contributed by atoms with Crippen LogP contribution < -0.4 is 5.32 Å². The van der Waals surface area contributed by atoms with Crippen LogP contribution >= 0.6 is 11.8 Å². The summed E-state index contributed by atoms with van der Waals surface area (Å²) in [7, 11) is 0. The van der Waals surface area contributed by atoms with Gasteiger partial charge in [-0.1, -0.05) is 18.2 Å². The molecule has 0 radical (unpaired) electrons. The van der Waals surface area contributed by atoms with E-state index in [-0.39, 0.29) is 11.9 Å². The molecule has 1 heterocycles. The third kappa shape index (κ3) is 3.51. The average molecular weight is 288 g/mol. The number of rotatable bonds is 5. The minimum absolute atomic E-state index is 0.0104. The van der Waals surface area contributed by atoms with Crippen LogP contribution in [0.2, 0.25) is 0 Å². The molecule has 0 aliphatic rings. The van der Waals surface area contributed by atoms with Crippen LogP contribution in [0.3, 0.4) is 0 Å². The predicted molar refractivity (Wildman–Crippen MR) is 86.0 cm³/mol. The smallest absolute Gasteiger partial charge is 0.217 e. The monoisotopic (exact) mass is 288 g/mol. The van der Waals surface area contributed by atoms with E-state index < -0.39 is 0 Å². The summed E-state index contributed by atoms with van der Waals surface area (Å²) in [6.07, 6.45) is 2.97. The van der Waals surface area contributed by atoms with Gasteiger partial charge in [0.2, 0.25) is 5.91 Å². The number of hydrogen-bond donors (Lipinski definition) is 1. The van der Waals surface area contributed by atoms with Gasteiger partial charge in [-0.15, -0.1) is 0 Å². The van der Waals surface area contributed by atoms with Crippen LogP contribution in [0.15, 0.2) is 30.3 Å². The standard InChI is InChI=1S/C16H20N2OS/c1-11-10-16(15(8-9-20-3)17-12(2)19)18-14-7-5-4-6-13(11)14/h4-7,10,15H,8-9H2,1-3H3,(H,17,19)/t15-/m0/s1. The predicted octanol–water partition coefficient (Wildman–Crippen LogP) is 3.47. The van der Waals surface area contributed by atoms with Crippen LogP contribution in [0, 0.1) is 6.92 Å². The number of hydrogen-bond acceptors (Lipinski definition) is 3. The lowest BCUT2D eigenvalue weighted by Gasteiger charge is -2.18. The van der Waals surface area contributed by atoms with Crippen LogP contribution in [-0.4, -0.2) is 22.9 Å². The van der Waals surface area contributed by atoms with Gasteiger partial charge in [0.05, 0.1) is 17.3 Å². The minimum Gasteiger partial charge on any atom is -0.348 e. The van der Waals surface area contributed by atoms with Gasteiger partial charge in [0.15, 0.2) is 0 Å². The molecule has 0 unspecified atom stereocenters. The quantitative estimate of drug-likeness (QED) is 0.916. The summed E-state index contributed by atoms with van der Waals surface area (Å²) >= 11 is 1.78. The summed E-state index contributed by atoms with van der Waals surface area (Å²) in [5.74, 6) is 0.988. The highest BCUT2D eigenvalue weighted by Crippen LogP contribution is 2.23. The van der Waals surface area contributed by atoms with E-state index in [1.165, 1.54) is 10.9 Å². The Labute approximate surface area is 124 Å². The van der Waals surface area contributed by atoms with Crippen LogP contribution in [-0.2, 0) is 4.79 Å². The van der Waals surface area contributed by atoms with Gasteiger partial charge in [0.1, 0.15) is 0 Å². The number of para-hydroxylation sites is 1. The van der Waals surface area contributed by atoms with Crippen molar-refractivity contribution in [2.45, 2.75) is 26.3 Å². The maximum atomic E-state index is 11.4. The van der Waals surface area contributed by atoms with Crippen LogP contribution in [0.1, 0.15) is 30.6 Å². The topological polar surface area (TPSA) is 42.0 Å². The van der Waals surface area contributed by atoms with Gasteiger partial charge in [-0.25, -0.2) is 0 Å². The molecule has 20 heavy (non-hydrogen) atoms. The van der Waals surface area contributed by atoms with Crippen molar-refractivity contribution < 1.29 is 4.79 Å². The van der Waals surface area contributed by atoms with E-state index in [1.807, 2.05) is 18.2 Å². The number of carbonyl (C=O) groups excluding carboxylic acids is 1.